The largest absolute Gasteiger partial charge is 0.326 e. The number of rotatable bonds is 5. The van der Waals surface area contributed by atoms with E-state index < -0.39 is 0 Å². The number of carbonyl (C=O) groups is 1. The maximum absolute atomic E-state index is 13.6. The van der Waals surface area contributed by atoms with Gasteiger partial charge in [0.2, 0.25) is 0 Å². The molecule has 2 aromatic rings. The Morgan fingerprint density at radius 3 is 2.64 bits per heavy atom. The van der Waals surface area contributed by atoms with E-state index in [0.717, 1.165) is 4.90 Å². The minimum Gasteiger partial charge on any atom is -0.326 e. The van der Waals surface area contributed by atoms with Crippen molar-refractivity contribution < 1.29 is 14.1 Å². The number of likely N-dealkylation sites (N-methyl/N-ethyl adjacent to an activating group) is 1. The Balaban J connectivity index is 1.93. The summed E-state index contributed by atoms with van der Waals surface area (Å²) in [7, 11) is 1.83. The molecule has 2 rings (SSSR count). The average molecular weight is 342 g/mol. The van der Waals surface area contributed by atoms with Gasteiger partial charge in [0.1, 0.15) is 12.4 Å². The summed E-state index contributed by atoms with van der Waals surface area (Å²) < 4.78 is 13.6. The minimum absolute atomic E-state index is 0.196. The average Bonchev–Trinajstić information content (AvgIpc) is 2.44. The van der Waals surface area contributed by atoms with Crippen molar-refractivity contribution in [2.24, 2.45) is 0 Å². The minimum atomic E-state index is -0.261. The zero-order valence-electron chi connectivity index (χ0n) is 12.0. The summed E-state index contributed by atoms with van der Waals surface area (Å²) in [5, 5.41) is 3.61. The van der Waals surface area contributed by atoms with Crippen LogP contribution in [0.3, 0.4) is 0 Å². The summed E-state index contributed by atoms with van der Waals surface area (Å²) in [6.07, 6.45) is 0. The van der Waals surface area contributed by atoms with Gasteiger partial charge in [0.15, 0.2) is 6.54 Å². The Morgan fingerprint density at radius 2 is 1.95 bits per heavy atom. The number of hydrogen-bond donors (Lipinski definition) is 2. The van der Waals surface area contributed by atoms with Gasteiger partial charge in [0.25, 0.3) is 5.91 Å². The van der Waals surface area contributed by atoms with Gasteiger partial charge in [-0.3, -0.25) is 4.79 Å². The van der Waals surface area contributed by atoms with Crippen LogP contribution in [0.15, 0.2) is 42.5 Å². The Hall–Kier alpha value is -1.62. The molecule has 1 unspecified atom stereocenters. The molecule has 116 valence electrons. The summed E-state index contributed by atoms with van der Waals surface area (Å²) in [6.45, 7) is 0.627. The molecule has 0 aliphatic heterocycles. The Kier molecular flexibility index (Phi) is 5.77. The van der Waals surface area contributed by atoms with Gasteiger partial charge in [-0.25, -0.2) is 4.39 Å². The van der Waals surface area contributed by atoms with Crippen LogP contribution in [-0.2, 0) is 11.3 Å². The first-order valence-electron chi connectivity index (χ1n) is 6.75. The molecular weight excluding hydrogens is 326 g/mol. The van der Waals surface area contributed by atoms with Gasteiger partial charge in [-0.15, -0.1) is 0 Å². The van der Waals surface area contributed by atoms with Crippen LogP contribution in [0, 0.1) is 5.82 Å². The van der Waals surface area contributed by atoms with E-state index in [4.69, 9.17) is 23.2 Å². The highest BCUT2D eigenvalue weighted by Gasteiger charge is 2.14. The third-order valence-corrected chi connectivity index (χ3v) is 3.67. The van der Waals surface area contributed by atoms with Crippen molar-refractivity contribution in [1.29, 1.82) is 0 Å². The van der Waals surface area contributed by atoms with Crippen LogP contribution < -0.4 is 10.2 Å². The molecule has 1 atom stereocenters. The lowest BCUT2D eigenvalue weighted by Gasteiger charge is -2.14. The van der Waals surface area contributed by atoms with Crippen molar-refractivity contribution in [3.8, 4) is 0 Å². The van der Waals surface area contributed by atoms with E-state index in [1.165, 1.54) is 6.07 Å². The lowest BCUT2D eigenvalue weighted by atomic mass is 10.2. The summed E-state index contributed by atoms with van der Waals surface area (Å²) >= 11 is 11.8. The van der Waals surface area contributed by atoms with E-state index in [1.54, 1.807) is 36.4 Å². The molecular formula is C16H16Cl2FN2O+. The first-order chi connectivity index (χ1) is 10.5. The van der Waals surface area contributed by atoms with Crippen molar-refractivity contribution in [3.63, 3.8) is 0 Å². The van der Waals surface area contributed by atoms with Gasteiger partial charge < -0.3 is 10.2 Å². The Bertz CT molecular complexity index is 679. The van der Waals surface area contributed by atoms with Crippen LogP contribution in [-0.4, -0.2) is 19.5 Å². The van der Waals surface area contributed by atoms with Crippen LogP contribution in [0.2, 0.25) is 10.0 Å². The zero-order chi connectivity index (χ0) is 16.1. The smallest absolute Gasteiger partial charge is 0.279 e. The predicted molar refractivity (Wildman–Crippen MR) is 86.9 cm³/mol. The van der Waals surface area contributed by atoms with Gasteiger partial charge in [-0.1, -0.05) is 41.4 Å². The van der Waals surface area contributed by atoms with Gasteiger partial charge in [0, 0.05) is 10.6 Å². The van der Waals surface area contributed by atoms with Gasteiger partial charge in [0.05, 0.1) is 17.8 Å². The van der Waals surface area contributed by atoms with Crippen molar-refractivity contribution in [3.05, 3.63) is 63.9 Å². The Morgan fingerprint density at radius 1 is 1.23 bits per heavy atom. The zero-order valence-corrected chi connectivity index (χ0v) is 13.5. The first kappa shape index (κ1) is 16.7. The molecule has 0 aliphatic carbocycles. The molecule has 2 aromatic carbocycles. The third kappa shape index (κ3) is 4.70. The van der Waals surface area contributed by atoms with Crippen molar-refractivity contribution in [2.45, 2.75) is 6.54 Å². The fraction of sp³-hybridized carbons (Fsp3) is 0.188. The van der Waals surface area contributed by atoms with E-state index in [-0.39, 0.29) is 18.3 Å². The lowest BCUT2D eigenvalue weighted by molar-refractivity contribution is -0.885. The molecule has 0 aliphatic rings. The topological polar surface area (TPSA) is 33.5 Å². The second-order valence-corrected chi connectivity index (χ2v) is 5.92. The summed E-state index contributed by atoms with van der Waals surface area (Å²) in [5.41, 5.74) is 1.09. The predicted octanol–water partition coefficient (Wildman–Crippen LogP) is 2.79. The second kappa shape index (κ2) is 7.58. The summed E-state index contributed by atoms with van der Waals surface area (Å²) in [5.74, 6) is -0.457. The van der Waals surface area contributed by atoms with Crippen molar-refractivity contribution >= 4 is 34.8 Å². The van der Waals surface area contributed by atoms with Crippen molar-refractivity contribution in [2.75, 3.05) is 18.9 Å². The fourth-order valence-electron chi connectivity index (χ4n) is 2.09. The highest BCUT2D eigenvalue weighted by atomic mass is 35.5. The molecule has 0 heterocycles. The van der Waals surface area contributed by atoms with Crippen LogP contribution in [0.25, 0.3) is 0 Å². The number of hydrogen-bond acceptors (Lipinski definition) is 1. The molecule has 0 bridgehead atoms. The van der Waals surface area contributed by atoms with E-state index >= 15 is 0 Å². The maximum Gasteiger partial charge on any atom is 0.279 e. The summed E-state index contributed by atoms with van der Waals surface area (Å²) in [4.78, 5) is 12.9. The molecule has 0 spiro atoms. The van der Waals surface area contributed by atoms with Crippen LogP contribution >= 0.6 is 23.2 Å². The molecule has 0 saturated heterocycles. The van der Waals surface area contributed by atoms with Crippen LogP contribution in [0.1, 0.15) is 5.56 Å². The number of benzene rings is 2. The molecule has 1 amide bonds. The van der Waals surface area contributed by atoms with Crippen molar-refractivity contribution in [1.82, 2.24) is 0 Å². The molecule has 0 saturated carbocycles. The van der Waals surface area contributed by atoms with E-state index in [0.29, 0.717) is 27.8 Å². The van der Waals surface area contributed by atoms with E-state index in [1.807, 2.05) is 7.05 Å². The number of quaternary nitrogens is 1. The lowest BCUT2D eigenvalue weighted by Crippen LogP contribution is -3.08. The van der Waals surface area contributed by atoms with Crippen LogP contribution in [0.5, 0.6) is 0 Å². The quantitative estimate of drug-likeness (QED) is 0.861. The van der Waals surface area contributed by atoms with Gasteiger partial charge >= 0.3 is 0 Å². The molecule has 0 radical (unpaired) electrons. The van der Waals surface area contributed by atoms with Gasteiger partial charge in [-0.05, 0) is 24.3 Å². The third-order valence-electron chi connectivity index (χ3n) is 3.12. The molecule has 0 fully saturated rings. The Labute approximate surface area is 138 Å². The SMILES string of the molecule is C[NH+](CC(=O)Nc1ccc(Cl)cc1Cl)Cc1ccccc1F. The standard InChI is InChI=1S/C16H15Cl2FN2O/c1-21(9-11-4-2-3-5-14(11)19)10-16(22)20-15-7-6-12(17)8-13(15)18/h2-8H,9-10H2,1H3,(H,20,22)/p+1. The van der Waals surface area contributed by atoms with E-state index in [2.05, 4.69) is 5.32 Å². The van der Waals surface area contributed by atoms with Crippen LogP contribution in [0.4, 0.5) is 10.1 Å². The number of anilines is 1. The second-order valence-electron chi connectivity index (χ2n) is 5.07. The van der Waals surface area contributed by atoms with E-state index in [9.17, 15) is 9.18 Å². The number of halogens is 3. The fourth-order valence-corrected chi connectivity index (χ4v) is 2.54. The van der Waals surface area contributed by atoms with Gasteiger partial charge in [-0.2, -0.15) is 0 Å². The summed E-state index contributed by atoms with van der Waals surface area (Å²) in [6, 6.07) is 11.4. The number of nitrogens with one attached hydrogen (secondary N) is 2. The highest BCUT2D eigenvalue weighted by molar-refractivity contribution is 6.36. The monoisotopic (exact) mass is 341 g/mol. The highest BCUT2D eigenvalue weighted by Crippen LogP contribution is 2.25. The number of carbonyl (C=O) groups excluding carboxylic acids is 1. The first-order valence-corrected chi connectivity index (χ1v) is 7.51. The molecule has 2 N–H and O–H groups in total. The molecule has 22 heavy (non-hydrogen) atoms. The molecule has 0 aromatic heterocycles. The number of amides is 1. The maximum atomic E-state index is 13.6. The normalized spacial score (nSPS) is 12.0. The molecule has 6 heteroatoms. The molecule has 3 nitrogen and oxygen atoms in total.